The number of amides is 3. The van der Waals surface area contributed by atoms with Gasteiger partial charge in [0.2, 0.25) is 5.91 Å². The molecule has 0 aliphatic carbocycles. The van der Waals surface area contributed by atoms with Crippen molar-refractivity contribution in [2.75, 3.05) is 11.1 Å². The number of benzene rings is 1. The van der Waals surface area contributed by atoms with Crippen LogP contribution in [-0.2, 0) is 14.6 Å². The molecule has 0 bridgehead atoms. The van der Waals surface area contributed by atoms with E-state index >= 15 is 0 Å². The predicted molar refractivity (Wildman–Crippen MR) is 103 cm³/mol. The molecule has 0 aromatic heterocycles. The average molecular weight is 444 g/mol. The van der Waals surface area contributed by atoms with Crippen molar-refractivity contribution in [2.45, 2.75) is 49.9 Å². The second-order valence-electron chi connectivity index (χ2n) is 6.87. The van der Waals surface area contributed by atoms with Gasteiger partial charge in [-0.2, -0.15) is 0 Å². The van der Waals surface area contributed by atoms with E-state index in [0.717, 1.165) is 15.7 Å². The van der Waals surface area contributed by atoms with Crippen molar-refractivity contribution in [1.82, 2.24) is 10.6 Å². The lowest BCUT2D eigenvalue weighted by Gasteiger charge is -2.16. The van der Waals surface area contributed by atoms with Gasteiger partial charge in [-0.25, -0.2) is 13.2 Å². The van der Waals surface area contributed by atoms with E-state index in [1.165, 1.54) is 0 Å². The van der Waals surface area contributed by atoms with Gasteiger partial charge in [-0.3, -0.25) is 4.79 Å². The van der Waals surface area contributed by atoms with Crippen LogP contribution in [0.2, 0.25) is 0 Å². The van der Waals surface area contributed by atoms with Crippen molar-refractivity contribution in [3.63, 3.8) is 0 Å². The summed E-state index contributed by atoms with van der Waals surface area (Å²) in [6.07, 6.45) is 2.01. The SMILES string of the molecule is Cc1cc(Br)ccc1NC(=O)CCCC[C@@H]1[C@H]2NC(=O)N[C@H]2CS1(=O)=O. The molecule has 0 saturated carbocycles. The van der Waals surface area contributed by atoms with E-state index in [4.69, 9.17) is 0 Å². The standard InChI is InChI=1S/C17H22BrN3O4S/c1-10-8-11(18)6-7-12(10)19-15(22)5-3-2-4-14-16-13(9-26(14,24)25)20-17(23)21-16/h6-8,13-14,16H,2-5,9H2,1H3,(H,19,22)(H2,20,21,23)/t13-,14+,16-/m0/s1. The number of aryl methyl sites for hydroxylation is 1. The highest BCUT2D eigenvalue weighted by Gasteiger charge is 2.51. The van der Waals surface area contributed by atoms with Crippen LogP contribution in [0.25, 0.3) is 0 Å². The fourth-order valence-electron chi connectivity index (χ4n) is 3.62. The number of unbranched alkanes of at least 4 members (excludes halogenated alkanes) is 1. The molecule has 2 aliphatic heterocycles. The smallest absolute Gasteiger partial charge is 0.315 e. The molecule has 26 heavy (non-hydrogen) atoms. The van der Waals surface area contributed by atoms with E-state index in [0.29, 0.717) is 25.7 Å². The molecule has 3 N–H and O–H groups in total. The normalized spacial score (nSPS) is 26.1. The monoisotopic (exact) mass is 443 g/mol. The van der Waals surface area contributed by atoms with Gasteiger partial charge in [0.05, 0.1) is 23.1 Å². The van der Waals surface area contributed by atoms with Crippen LogP contribution >= 0.6 is 15.9 Å². The third-order valence-corrected chi connectivity index (χ3v) is 7.69. The number of rotatable bonds is 6. The molecule has 3 amide bonds. The number of fused-ring (bicyclic) bond motifs is 1. The second kappa shape index (κ2) is 7.56. The first-order valence-electron chi connectivity index (χ1n) is 8.61. The molecule has 1 aromatic carbocycles. The quantitative estimate of drug-likeness (QED) is 0.462. The first-order valence-corrected chi connectivity index (χ1v) is 11.1. The van der Waals surface area contributed by atoms with Crippen LogP contribution < -0.4 is 16.0 Å². The summed E-state index contributed by atoms with van der Waals surface area (Å²) < 4.78 is 25.4. The number of nitrogens with one attached hydrogen (secondary N) is 3. The Morgan fingerprint density at radius 3 is 2.81 bits per heavy atom. The Morgan fingerprint density at radius 1 is 1.31 bits per heavy atom. The van der Waals surface area contributed by atoms with E-state index in [1.54, 1.807) is 0 Å². The first-order chi connectivity index (χ1) is 12.3. The fourth-order valence-corrected chi connectivity index (χ4v) is 6.36. The zero-order valence-corrected chi connectivity index (χ0v) is 16.8. The summed E-state index contributed by atoms with van der Waals surface area (Å²) in [6, 6.07) is 4.66. The maximum absolute atomic E-state index is 12.2. The summed E-state index contributed by atoms with van der Waals surface area (Å²) >= 11 is 3.39. The molecule has 0 spiro atoms. The van der Waals surface area contributed by atoms with Crippen molar-refractivity contribution in [3.05, 3.63) is 28.2 Å². The van der Waals surface area contributed by atoms with E-state index < -0.39 is 15.1 Å². The molecule has 2 aliphatic rings. The van der Waals surface area contributed by atoms with Crippen LogP contribution in [0.15, 0.2) is 22.7 Å². The minimum atomic E-state index is -3.21. The number of urea groups is 1. The molecular formula is C17H22BrN3O4S. The Hall–Kier alpha value is -1.61. The molecule has 142 valence electrons. The lowest BCUT2D eigenvalue weighted by Crippen LogP contribution is -2.39. The maximum Gasteiger partial charge on any atom is 0.315 e. The van der Waals surface area contributed by atoms with Gasteiger partial charge in [0.25, 0.3) is 0 Å². The van der Waals surface area contributed by atoms with Gasteiger partial charge in [-0.1, -0.05) is 22.4 Å². The second-order valence-corrected chi connectivity index (χ2v) is 10.1. The van der Waals surface area contributed by atoms with Crippen LogP contribution in [0.5, 0.6) is 0 Å². The van der Waals surface area contributed by atoms with Gasteiger partial charge < -0.3 is 16.0 Å². The van der Waals surface area contributed by atoms with Crippen LogP contribution in [0.3, 0.4) is 0 Å². The van der Waals surface area contributed by atoms with Crippen molar-refractivity contribution in [2.24, 2.45) is 0 Å². The number of carbonyl (C=O) groups is 2. The van der Waals surface area contributed by atoms with Crippen molar-refractivity contribution in [3.8, 4) is 0 Å². The Bertz CT molecular complexity index is 827. The minimum absolute atomic E-state index is 0.00952. The lowest BCUT2D eigenvalue weighted by atomic mass is 10.0. The van der Waals surface area contributed by atoms with Crippen LogP contribution in [0, 0.1) is 6.92 Å². The molecule has 0 unspecified atom stereocenters. The zero-order valence-electron chi connectivity index (χ0n) is 14.4. The molecule has 2 fully saturated rings. The van der Waals surface area contributed by atoms with Gasteiger partial charge in [-0.15, -0.1) is 0 Å². The van der Waals surface area contributed by atoms with Gasteiger partial charge in [0, 0.05) is 16.6 Å². The summed E-state index contributed by atoms with van der Waals surface area (Å²) in [6.45, 7) is 1.92. The molecule has 2 heterocycles. The number of sulfone groups is 1. The first kappa shape index (κ1) is 19.2. The largest absolute Gasteiger partial charge is 0.332 e. The van der Waals surface area contributed by atoms with Crippen LogP contribution in [0.1, 0.15) is 31.2 Å². The maximum atomic E-state index is 12.2. The van der Waals surface area contributed by atoms with Crippen molar-refractivity contribution < 1.29 is 18.0 Å². The third-order valence-electron chi connectivity index (χ3n) is 4.93. The number of hydrogen-bond acceptors (Lipinski definition) is 4. The summed E-state index contributed by atoms with van der Waals surface area (Å²) in [7, 11) is -3.21. The summed E-state index contributed by atoms with van der Waals surface area (Å²) in [5.41, 5.74) is 1.75. The van der Waals surface area contributed by atoms with Crippen molar-refractivity contribution >= 4 is 43.4 Å². The van der Waals surface area contributed by atoms with Gasteiger partial charge in [-0.05, 0) is 43.5 Å². The zero-order chi connectivity index (χ0) is 18.9. The Balaban J connectivity index is 1.46. The molecule has 2 saturated heterocycles. The lowest BCUT2D eigenvalue weighted by molar-refractivity contribution is -0.116. The number of hydrogen-bond donors (Lipinski definition) is 3. The summed E-state index contributed by atoms with van der Waals surface area (Å²) in [4.78, 5) is 23.5. The van der Waals surface area contributed by atoms with E-state index in [9.17, 15) is 18.0 Å². The molecule has 1 aromatic rings. The molecule has 3 rings (SSSR count). The van der Waals surface area contributed by atoms with E-state index in [-0.39, 0.29) is 29.8 Å². The van der Waals surface area contributed by atoms with Crippen LogP contribution in [0.4, 0.5) is 10.5 Å². The molecule has 9 heteroatoms. The van der Waals surface area contributed by atoms with E-state index in [1.807, 2.05) is 25.1 Å². The minimum Gasteiger partial charge on any atom is -0.332 e. The topological polar surface area (TPSA) is 104 Å². The van der Waals surface area contributed by atoms with E-state index in [2.05, 4.69) is 31.9 Å². The molecule has 3 atom stereocenters. The average Bonchev–Trinajstić information content (AvgIpc) is 2.99. The summed E-state index contributed by atoms with van der Waals surface area (Å²) in [5, 5.41) is 7.67. The highest BCUT2D eigenvalue weighted by Crippen LogP contribution is 2.28. The Morgan fingerprint density at radius 2 is 2.08 bits per heavy atom. The Labute approximate surface area is 161 Å². The molecular weight excluding hydrogens is 422 g/mol. The third kappa shape index (κ3) is 4.20. The predicted octanol–water partition coefficient (Wildman–Crippen LogP) is 2.10. The van der Waals surface area contributed by atoms with Gasteiger partial charge in [0.15, 0.2) is 9.84 Å². The fraction of sp³-hybridized carbons (Fsp3) is 0.529. The molecule has 0 radical (unpaired) electrons. The highest BCUT2D eigenvalue weighted by atomic mass is 79.9. The van der Waals surface area contributed by atoms with Crippen LogP contribution in [-0.4, -0.2) is 43.4 Å². The number of anilines is 1. The van der Waals surface area contributed by atoms with Crippen molar-refractivity contribution in [1.29, 1.82) is 0 Å². The highest BCUT2D eigenvalue weighted by molar-refractivity contribution is 9.10. The summed E-state index contributed by atoms with van der Waals surface area (Å²) in [5.74, 6) is -0.0943. The van der Waals surface area contributed by atoms with Gasteiger partial charge in [0.1, 0.15) is 0 Å². The molecule has 7 nitrogen and oxygen atoms in total. The van der Waals surface area contributed by atoms with Gasteiger partial charge >= 0.3 is 6.03 Å². The number of halogens is 1. The number of carbonyl (C=O) groups excluding carboxylic acids is 2. The Kier molecular flexibility index (Phi) is 5.57.